The number of nitrogens with one attached hydrogen (secondary N) is 1. The van der Waals surface area contributed by atoms with Gasteiger partial charge in [0.25, 0.3) is 5.91 Å². The van der Waals surface area contributed by atoms with E-state index in [2.05, 4.69) is 20.3 Å². The number of fused-ring (bicyclic) bond motifs is 1. The number of rotatable bonds is 5. The lowest BCUT2D eigenvalue weighted by atomic mass is 10.1. The maximum Gasteiger partial charge on any atom is 0.251 e. The molecule has 1 saturated heterocycles. The zero-order valence-electron chi connectivity index (χ0n) is 17.7. The molecule has 0 spiro atoms. The third-order valence-electron chi connectivity index (χ3n) is 5.47. The minimum absolute atomic E-state index is 0.166. The standard InChI is InChI=1S/C22H24N6O4/c1-15(16-2-3-17-18(12-16)32-11-10-31-17)25-21(29)19-13-27(8-9-30-19)20-4-5-24-22(26-20)28-7-6-23-14-28/h2-7,12,14-15,19H,8-11,13H2,1H3,(H,25,29). The molecule has 4 heterocycles. The molecule has 1 fully saturated rings. The summed E-state index contributed by atoms with van der Waals surface area (Å²) in [7, 11) is 0. The van der Waals surface area contributed by atoms with E-state index in [-0.39, 0.29) is 11.9 Å². The normalized spacial score (nSPS) is 18.8. The van der Waals surface area contributed by atoms with Crippen LogP contribution in [0.15, 0.2) is 49.2 Å². The summed E-state index contributed by atoms with van der Waals surface area (Å²) in [5.41, 5.74) is 0.941. The second kappa shape index (κ2) is 8.83. The molecule has 10 heteroatoms. The van der Waals surface area contributed by atoms with E-state index in [4.69, 9.17) is 14.2 Å². The predicted molar refractivity (Wildman–Crippen MR) is 115 cm³/mol. The summed E-state index contributed by atoms with van der Waals surface area (Å²) in [6.45, 7) is 4.48. The van der Waals surface area contributed by atoms with Crippen molar-refractivity contribution in [1.82, 2.24) is 24.8 Å². The maximum absolute atomic E-state index is 12.9. The van der Waals surface area contributed by atoms with Gasteiger partial charge in [0.15, 0.2) is 17.6 Å². The van der Waals surface area contributed by atoms with E-state index in [0.29, 0.717) is 44.6 Å². The molecule has 5 rings (SSSR count). The fourth-order valence-electron chi connectivity index (χ4n) is 3.75. The van der Waals surface area contributed by atoms with Gasteiger partial charge in [-0.3, -0.25) is 9.36 Å². The summed E-state index contributed by atoms with van der Waals surface area (Å²) in [4.78, 5) is 27.9. The second-order valence-corrected chi connectivity index (χ2v) is 7.62. The van der Waals surface area contributed by atoms with E-state index in [0.717, 1.165) is 17.1 Å². The molecular formula is C22H24N6O4. The van der Waals surface area contributed by atoms with Crippen LogP contribution < -0.4 is 19.7 Å². The van der Waals surface area contributed by atoms with Crippen LogP contribution in [-0.2, 0) is 9.53 Å². The number of amides is 1. The number of aromatic nitrogens is 4. The molecule has 32 heavy (non-hydrogen) atoms. The van der Waals surface area contributed by atoms with Crippen LogP contribution in [0, 0.1) is 0 Å². The molecule has 10 nitrogen and oxygen atoms in total. The molecule has 2 aromatic heterocycles. The number of imidazole rings is 1. The Morgan fingerprint density at radius 1 is 1.16 bits per heavy atom. The van der Waals surface area contributed by atoms with E-state index in [9.17, 15) is 4.79 Å². The van der Waals surface area contributed by atoms with Crippen molar-refractivity contribution >= 4 is 11.7 Å². The molecule has 3 aromatic rings. The lowest BCUT2D eigenvalue weighted by molar-refractivity contribution is -0.134. The molecule has 0 radical (unpaired) electrons. The summed E-state index contributed by atoms with van der Waals surface area (Å²) >= 11 is 0. The summed E-state index contributed by atoms with van der Waals surface area (Å²) in [6.07, 6.45) is 6.21. The first-order valence-corrected chi connectivity index (χ1v) is 10.6. The largest absolute Gasteiger partial charge is 0.486 e. The molecule has 2 aliphatic heterocycles. The Bertz CT molecular complexity index is 1090. The number of morpholine rings is 1. The smallest absolute Gasteiger partial charge is 0.251 e. The van der Waals surface area contributed by atoms with Crippen molar-refractivity contribution in [2.75, 3.05) is 37.8 Å². The first-order valence-electron chi connectivity index (χ1n) is 10.6. The highest BCUT2D eigenvalue weighted by Crippen LogP contribution is 2.32. The Hall–Kier alpha value is -3.66. The van der Waals surface area contributed by atoms with Crippen LogP contribution in [-0.4, -0.2) is 64.4 Å². The third kappa shape index (κ3) is 4.22. The molecule has 0 aliphatic carbocycles. The van der Waals surface area contributed by atoms with Crippen molar-refractivity contribution in [1.29, 1.82) is 0 Å². The number of hydrogen-bond acceptors (Lipinski definition) is 8. The van der Waals surface area contributed by atoms with Gasteiger partial charge in [-0.25, -0.2) is 9.97 Å². The van der Waals surface area contributed by atoms with Crippen molar-refractivity contribution in [3.05, 3.63) is 54.7 Å². The fraction of sp³-hybridized carbons (Fsp3) is 0.364. The topological polar surface area (TPSA) is 104 Å². The van der Waals surface area contributed by atoms with Crippen molar-refractivity contribution < 1.29 is 19.0 Å². The zero-order valence-corrected chi connectivity index (χ0v) is 17.7. The highest BCUT2D eigenvalue weighted by atomic mass is 16.6. The molecule has 1 aromatic carbocycles. The van der Waals surface area contributed by atoms with Crippen LogP contribution in [0.4, 0.5) is 5.82 Å². The Labute approximate surface area is 185 Å². The number of benzene rings is 1. The van der Waals surface area contributed by atoms with Gasteiger partial charge in [0.1, 0.15) is 25.4 Å². The van der Waals surface area contributed by atoms with Gasteiger partial charge in [-0.1, -0.05) is 6.07 Å². The van der Waals surface area contributed by atoms with Crippen LogP contribution in [0.5, 0.6) is 11.5 Å². The van der Waals surface area contributed by atoms with Crippen LogP contribution >= 0.6 is 0 Å². The minimum Gasteiger partial charge on any atom is -0.486 e. The SMILES string of the molecule is CC(NC(=O)C1CN(c2ccnc(-n3ccnc3)n2)CCO1)c1ccc2c(c1)OCCO2. The van der Waals surface area contributed by atoms with Gasteiger partial charge >= 0.3 is 0 Å². The van der Waals surface area contributed by atoms with Gasteiger partial charge < -0.3 is 24.4 Å². The van der Waals surface area contributed by atoms with E-state index in [1.165, 1.54) is 0 Å². The number of nitrogens with zero attached hydrogens (tertiary/aromatic N) is 5. The number of carbonyl (C=O) groups excluding carboxylic acids is 1. The average Bonchev–Trinajstić information content (AvgIpc) is 3.39. The molecule has 2 aliphatic rings. The van der Waals surface area contributed by atoms with Crippen LogP contribution in [0.3, 0.4) is 0 Å². The third-order valence-corrected chi connectivity index (χ3v) is 5.47. The van der Waals surface area contributed by atoms with Crippen molar-refractivity contribution in [3.63, 3.8) is 0 Å². The molecule has 2 atom stereocenters. The molecule has 1 amide bonds. The Morgan fingerprint density at radius 3 is 2.88 bits per heavy atom. The maximum atomic E-state index is 12.9. The van der Waals surface area contributed by atoms with Gasteiger partial charge in [-0.15, -0.1) is 0 Å². The quantitative estimate of drug-likeness (QED) is 0.642. The van der Waals surface area contributed by atoms with Crippen molar-refractivity contribution in [3.8, 4) is 17.4 Å². The summed E-state index contributed by atoms with van der Waals surface area (Å²) in [6, 6.07) is 7.34. The predicted octanol–water partition coefficient (Wildman–Crippen LogP) is 1.52. The van der Waals surface area contributed by atoms with Gasteiger partial charge in [-0.2, -0.15) is 4.98 Å². The number of carbonyl (C=O) groups is 1. The second-order valence-electron chi connectivity index (χ2n) is 7.62. The molecule has 166 valence electrons. The Morgan fingerprint density at radius 2 is 2.03 bits per heavy atom. The van der Waals surface area contributed by atoms with E-state index >= 15 is 0 Å². The Balaban J connectivity index is 1.24. The minimum atomic E-state index is -0.602. The first-order chi connectivity index (χ1) is 15.7. The number of ether oxygens (including phenoxy) is 3. The van der Waals surface area contributed by atoms with Crippen LogP contribution in [0.1, 0.15) is 18.5 Å². The molecule has 2 unspecified atom stereocenters. The number of hydrogen-bond donors (Lipinski definition) is 1. The molecule has 1 N–H and O–H groups in total. The van der Waals surface area contributed by atoms with Crippen LogP contribution in [0.2, 0.25) is 0 Å². The fourth-order valence-corrected chi connectivity index (χ4v) is 3.75. The summed E-state index contributed by atoms with van der Waals surface area (Å²) < 4.78 is 18.7. The van der Waals surface area contributed by atoms with Gasteiger partial charge in [0.05, 0.1) is 19.2 Å². The summed E-state index contributed by atoms with van der Waals surface area (Å²) in [5, 5.41) is 3.05. The van der Waals surface area contributed by atoms with E-state index in [1.807, 2.05) is 36.1 Å². The Kier molecular flexibility index (Phi) is 5.59. The lowest BCUT2D eigenvalue weighted by Crippen LogP contribution is -2.50. The van der Waals surface area contributed by atoms with Crippen molar-refractivity contribution in [2.45, 2.75) is 19.1 Å². The monoisotopic (exact) mass is 436 g/mol. The molecular weight excluding hydrogens is 412 g/mol. The van der Waals surface area contributed by atoms with Gasteiger partial charge in [0, 0.05) is 25.1 Å². The zero-order chi connectivity index (χ0) is 21.9. The average molecular weight is 436 g/mol. The molecule has 0 bridgehead atoms. The van der Waals surface area contributed by atoms with Gasteiger partial charge in [0.2, 0.25) is 5.95 Å². The summed E-state index contributed by atoms with van der Waals surface area (Å²) in [5.74, 6) is 2.53. The number of anilines is 1. The highest BCUT2D eigenvalue weighted by Gasteiger charge is 2.29. The lowest BCUT2D eigenvalue weighted by Gasteiger charge is -2.33. The van der Waals surface area contributed by atoms with Crippen molar-refractivity contribution in [2.24, 2.45) is 0 Å². The van der Waals surface area contributed by atoms with Crippen LogP contribution in [0.25, 0.3) is 5.95 Å². The first kappa shape index (κ1) is 20.3. The van der Waals surface area contributed by atoms with E-state index < -0.39 is 6.10 Å². The van der Waals surface area contributed by atoms with Gasteiger partial charge in [-0.05, 0) is 30.7 Å². The molecule has 0 saturated carbocycles. The highest BCUT2D eigenvalue weighted by molar-refractivity contribution is 5.82. The van der Waals surface area contributed by atoms with E-state index in [1.54, 1.807) is 29.5 Å².